The molecule has 0 amide bonds. The summed E-state index contributed by atoms with van der Waals surface area (Å²) in [7, 11) is 1.69. The van der Waals surface area contributed by atoms with Gasteiger partial charge in [-0.2, -0.15) is 0 Å². The molecule has 17 heavy (non-hydrogen) atoms. The number of hydrogen-bond acceptors (Lipinski definition) is 5. The molecular formula is C10H13ClN4O2. The fraction of sp³-hybridized carbons (Fsp3) is 0.300. The molecule has 0 aromatic carbocycles. The Kier molecular flexibility index (Phi) is 4.71. The molecule has 92 valence electrons. The molecule has 1 aromatic rings. The summed E-state index contributed by atoms with van der Waals surface area (Å²) in [5.74, 6) is 0.122. The lowest BCUT2D eigenvalue weighted by molar-refractivity contribution is -0.404. The van der Waals surface area contributed by atoms with Crippen LogP contribution in [-0.4, -0.2) is 28.4 Å². The lowest BCUT2D eigenvalue weighted by Gasteiger charge is -2.16. The van der Waals surface area contributed by atoms with Crippen LogP contribution < -0.4 is 5.73 Å². The summed E-state index contributed by atoms with van der Waals surface area (Å²) in [6, 6.07) is 3.56. The highest BCUT2D eigenvalue weighted by Gasteiger charge is 2.05. The van der Waals surface area contributed by atoms with E-state index < -0.39 is 4.92 Å². The Bertz CT molecular complexity index is 419. The van der Waals surface area contributed by atoms with Gasteiger partial charge in [-0.15, -0.1) is 0 Å². The first kappa shape index (κ1) is 13.2. The van der Waals surface area contributed by atoms with Gasteiger partial charge in [0, 0.05) is 19.8 Å². The third kappa shape index (κ3) is 4.69. The molecule has 0 spiro atoms. The molecule has 0 aliphatic rings. The largest absolute Gasteiger partial charge is 0.380 e. The zero-order chi connectivity index (χ0) is 12.8. The Morgan fingerprint density at radius 1 is 1.71 bits per heavy atom. The van der Waals surface area contributed by atoms with Crippen LogP contribution in [0.25, 0.3) is 0 Å². The number of halogens is 1. The molecule has 0 radical (unpaired) electrons. The van der Waals surface area contributed by atoms with Crippen molar-refractivity contribution in [3.8, 4) is 0 Å². The van der Waals surface area contributed by atoms with Crippen molar-refractivity contribution in [2.45, 2.75) is 6.42 Å². The van der Waals surface area contributed by atoms with Crippen molar-refractivity contribution in [1.82, 2.24) is 9.88 Å². The molecule has 0 aliphatic heterocycles. The number of hydrogen-bond donors (Lipinski definition) is 1. The van der Waals surface area contributed by atoms with Crippen LogP contribution >= 0.6 is 11.6 Å². The molecule has 6 nitrogen and oxygen atoms in total. The Hall–Kier alpha value is -1.82. The number of aromatic nitrogens is 1. The van der Waals surface area contributed by atoms with Gasteiger partial charge in [0.1, 0.15) is 5.15 Å². The highest BCUT2D eigenvalue weighted by molar-refractivity contribution is 6.29. The van der Waals surface area contributed by atoms with Crippen molar-refractivity contribution in [3.63, 3.8) is 0 Å². The van der Waals surface area contributed by atoms with Crippen molar-refractivity contribution in [2.75, 3.05) is 13.6 Å². The summed E-state index contributed by atoms with van der Waals surface area (Å²) in [6.07, 6.45) is 3.14. The second-order valence-corrected chi connectivity index (χ2v) is 3.89. The SMILES string of the molecule is CN(CCc1ccc(Cl)nc1)/C(N)=C/[N+](=O)[O-]. The molecule has 0 saturated carbocycles. The van der Waals surface area contributed by atoms with Crippen molar-refractivity contribution < 1.29 is 4.92 Å². The first-order valence-corrected chi connectivity index (χ1v) is 5.29. The van der Waals surface area contributed by atoms with E-state index in [1.807, 2.05) is 6.07 Å². The predicted octanol–water partition coefficient (Wildman–Crippen LogP) is 1.24. The molecular weight excluding hydrogens is 244 g/mol. The van der Waals surface area contributed by atoms with E-state index in [2.05, 4.69) is 4.98 Å². The number of nitrogens with zero attached hydrogens (tertiary/aromatic N) is 3. The molecule has 1 aromatic heterocycles. The highest BCUT2D eigenvalue weighted by atomic mass is 35.5. The second-order valence-electron chi connectivity index (χ2n) is 3.50. The van der Waals surface area contributed by atoms with Gasteiger partial charge in [-0.05, 0) is 18.1 Å². The molecule has 0 aliphatic carbocycles. The summed E-state index contributed by atoms with van der Waals surface area (Å²) in [4.78, 5) is 15.2. The Morgan fingerprint density at radius 3 is 2.94 bits per heavy atom. The Balaban J connectivity index is 2.50. The molecule has 1 heterocycles. The van der Waals surface area contributed by atoms with Crippen LogP contribution in [0.4, 0.5) is 0 Å². The number of nitro groups is 1. The van der Waals surface area contributed by atoms with Gasteiger partial charge in [0.05, 0.1) is 4.92 Å². The lowest BCUT2D eigenvalue weighted by Crippen LogP contribution is -2.26. The number of nitrogens with two attached hydrogens (primary N) is 1. The van der Waals surface area contributed by atoms with E-state index >= 15 is 0 Å². The molecule has 0 saturated heterocycles. The number of likely N-dealkylation sites (N-methyl/N-ethyl adjacent to an activating group) is 1. The van der Waals surface area contributed by atoms with Gasteiger partial charge >= 0.3 is 0 Å². The van der Waals surface area contributed by atoms with Gasteiger partial charge in [0.2, 0.25) is 0 Å². The summed E-state index contributed by atoms with van der Waals surface area (Å²) in [6.45, 7) is 0.569. The maximum absolute atomic E-state index is 10.2. The third-order valence-electron chi connectivity index (χ3n) is 2.20. The highest BCUT2D eigenvalue weighted by Crippen LogP contribution is 2.06. The van der Waals surface area contributed by atoms with Crippen LogP contribution in [0.1, 0.15) is 5.56 Å². The Morgan fingerprint density at radius 2 is 2.41 bits per heavy atom. The standard InChI is InChI=1S/C10H13ClN4O2/c1-14(10(12)7-15(16)17)5-4-8-2-3-9(11)13-6-8/h2-3,6-7H,4-5,12H2,1H3/b10-7+. The first-order chi connectivity index (χ1) is 7.99. The minimum Gasteiger partial charge on any atom is -0.380 e. The van der Waals surface area contributed by atoms with Crippen LogP contribution in [-0.2, 0) is 6.42 Å². The minimum atomic E-state index is -0.574. The molecule has 0 atom stereocenters. The summed E-state index contributed by atoms with van der Waals surface area (Å²) in [5, 5.41) is 10.7. The molecule has 7 heteroatoms. The zero-order valence-corrected chi connectivity index (χ0v) is 10.1. The van der Waals surface area contributed by atoms with Crippen molar-refractivity contribution in [1.29, 1.82) is 0 Å². The predicted molar refractivity (Wildman–Crippen MR) is 64.8 cm³/mol. The normalized spacial score (nSPS) is 11.3. The van der Waals surface area contributed by atoms with Crippen LogP contribution in [0.15, 0.2) is 30.4 Å². The average Bonchev–Trinajstić information content (AvgIpc) is 2.27. The number of rotatable bonds is 5. The smallest absolute Gasteiger partial charge is 0.274 e. The van der Waals surface area contributed by atoms with Gasteiger partial charge in [0.15, 0.2) is 5.82 Å². The third-order valence-corrected chi connectivity index (χ3v) is 2.43. The molecule has 0 unspecified atom stereocenters. The van der Waals surface area contributed by atoms with Gasteiger partial charge in [-0.25, -0.2) is 4.98 Å². The van der Waals surface area contributed by atoms with E-state index in [1.54, 1.807) is 24.2 Å². The van der Waals surface area contributed by atoms with Gasteiger partial charge in [-0.1, -0.05) is 17.7 Å². The van der Waals surface area contributed by atoms with E-state index in [-0.39, 0.29) is 5.82 Å². The van der Waals surface area contributed by atoms with Gasteiger partial charge < -0.3 is 10.6 Å². The quantitative estimate of drug-likeness (QED) is 0.487. The van der Waals surface area contributed by atoms with E-state index in [0.29, 0.717) is 18.1 Å². The van der Waals surface area contributed by atoms with Crippen molar-refractivity contribution in [2.24, 2.45) is 5.73 Å². The van der Waals surface area contributed by atoms with Crippen LogP contribution in [0, 0.1) is 10.1 Å². The first-order valence-electron chi connectivity index (χ1n) is 4.91. The average molecular weight is 257 g/mol. The summed E-state index contributed by atoms with van der Waals surface area (Å²) in [5.41, 5.74) is 6.51. The minimum absolute atomic E-state index is 0.122. The van der Waals surface area contributed by atoms with Gasteiger partial charge in [-0.3, -0.25) is 10.1 Å². The number of pyridine rings is 1. The molecule has 2 N–H and O–H groups in total. The van der Waals surface area contributed by atoms with Crippen LogP contribution in [0.5, 0.6) is 0 Å². The molecule has 0 fully saturated rings. The topological polar surface area (TPSA) is 85.3 Å². The molecule has 1 rings (SSSR count). The second kappa shape index (κ2) is 6.05. The monoisotopic (exact) mass is 256 g/mol. The fourth-order valence-electron chi connectivity index (χ4n) is 1.19. The van der Waals surface area contributed by atoms with Crippen molar-refractivity contribution in [3.05, 3.63) is 51.2 Å². The van der Waals surface area contributed by atoms with E-state index in [9.17, 15) is 10.1 Å². The van der Waals surface area contributed by atoms with E-state index in [0.717, 1.165) is 11.8 Å². The fourth-order valence-corrected chi connectivity index (χ4v) is 1.30. The molecule has 0 bridgehead atoms. The maximum atomic E-state index is 10.2. The van der Waals surface area contributed by atoms with Gasteiger partial charge in [0.25, 0.3) is 6.20 Å². The van der Waals surface area contributed by atoms with E-state index in [1.165, 1.54) is 0 Å². The Labute approximate surface area is 104 Å². The summed E-state index contributed by atoms with van der Waals surface area (Å²) < 4.78 is 0. The maximum Gasteiger partial charge on any atom is 0.274 e. The van der Waals surface area contributed by atoms with Crippen molar-refractivity contribution >= 4 is 11.6 Å². The summed E-state index contributed by atoms with van der Waals surface area (Å²) >= 11 is 5.66. The van der Waals surface area contributed by atoms with Crippen LogP contribution in [0.3, 0.4) is 0 Å². The van der Waals surface area contributed by atoms with E-state index in [4.69, 9.17) is 17.3 Å². The lowest BCUT2D eigenvalue weighted by atomic mass is 10.2. The zero-order valence-electron chi connectivity index (χ0n) is 9.34. The van der Waals surface area contributed by atoms with Crippen LogP contribution in [0.2, 0.25) is 5.15 Å².